The second kappa shape index (κ2) is 55.2. The van der Waals surface area contributed by atoms with Gasteiger partial charge in [-0.15, -0.1) is 0 Å². The van der Waals surface area contributed by atoms with Crippen molar-refractivity contribution in [3.8, 4) is 0 Å². The van der Waals surface area contributed by atoms with Crippen LogP contribution < -0.4 is 0 Å². The van der Waals surface area contributed by atoms with Crippen LogP contribution in [0.25, 0.3) is 0 Å². The number of allylic oxidation sites excluding steroid dienone is 14. The molecule has 0 fully saturated rings. The van der Waals surface area contributed by atoms with E-state index in [4.69, 9.17) is 14.2 Å². The molecule has 0 N–H and O–H groups in total. The molecule has 0 aromatic carbocycles. The molecular weight excluding hydrogens is 829 g/mol. The highest BCUT2D eigenvalue weighted by atomic mass is 16.6. The van der Waals surface area contributed by atoms with Crippen LogP contribution in [-0.4, -0.2) is 37.2 Å². The Morgan fingerprint density at radius 2 is 0.612 bits per heavy atom. The summed E-state index contributed by atoms with van der Waals surface area (Å²) in [6.07, 6.45) is 71.5. The van der Waals surface area contributed by atoms with Crippen LogP contribution in [0.5, 0.6) is 0 Å². The lowest BCUT2D eigenvalue weighted by atomic mass is 10.1. The number of carbonyl (C=O) groups is 3. The molecule has 0 aliphatic rings. The predicted molar refractivity (Wildman–Crippen MR) is 288 cm³/mol. The van der Waals surface area contributed by atoms with Gasteiger partial charge in [0, 0.05) is 19.3 Å². The van der Waals surface area contributed by atoms with Gasteiger partial charge in [-0.25, -0.2) is 0 Å². The van der Waals surface area contributed by atoms with Crippen LogP contribution >= 0.6 is 0 Å². The zero-order chi connectivity index (χ0) is 48.6. The molecule has 67 heavy (non-hydrogen) atoms. The van der Waals surface area contributed by atoms with E-state index in [0.29, 0.717) is 19.3 Å². The third-order valence-electron chi connectivity index (χ3n) is 11.9. The minimum atomic E-state index is -0.808. The molecule has 0 aliphatic heterocycles. The van der Waals surface area contributed by atoms with E-state index in [1.807, 2.05) is 6.08 Å². The summed E-state index contributed by atoms with van der Waals surface area (Å²) in [6.45, 7) is 6.45. The largest absolute Gasteiger partial charge is 0.462 e. The molecule has 0 heterocycles. The smallest absolute Gasteiger partial charge is 0.306 e. The van der Waals surface area contributed by atoms with Crippen molar-refractivity contribution in [2.75, 3.05) is 13.2 Å². The zero-order valence-corrected chi connectivity index (χ0v) is 43.9. The zero-order valence-electron chi connectivity index (χ0n) is 43.9. The van der Waals surface area contributed by atoms with Crippen molar-refractivity contribution in [3.63, 3.8) is 0 Å². The van der Waals surface area contributed by atoms with Crippen LogP contribution in [0.2, 0.25) is 0 Å². The quantitative estimate of drug-likeness (QED) is 0.0262. The first-order valence-electron chi connectivity index (χ1n) is 28.1. The Morgan fingerprint density at radius 3 is 1.01 bits per heavy atom. The van der Waals surface area contributed by atoms with Crippen LogP contribution in [0.15, 0.2) is 85.1 Å². The summed E-state index contributed by atoms with van der Waals surface area (Å²) in [4.78, 5) is 38.1. The first-order valence-corrected chi connectivity index (χ1v) is 28.1. The first kappa shape index (κ1) is 63.6. The molecule has 0 rings (SSSR count). The molecule has 0 aliphatic carbocycles. The van der Waals surface area contributed by atoms with Crippen molar-refractivity contribution in [2.45, 2.75) is 271 Å². The summed E-state index contributed by atoms with van der Waals surface area (Å²) in [5.41, 5.74) is 0. The van der Waals surface area contributed by atoms with E-state index in [1.54, 1.807) is 0 Å². The Bertz CT molecular complexity index is 1300. The molecule has 0 radical (unpaired) electrons. The number of carbonyl (C=O) groups excluding carboxylic acids is 3. The van der Waals surface area contributed by atoms with Gasteiger partial charge in [-0.2, -0.15) is 0 Å². The van der Waals surface area contributed by atoms with Crippen molar-refractivity contribution in [2.24, 2.45) is 0 Å². The molecule has 384 valence electrons. The van der Waals surface area contributed by atoms with Gasteiger partial charge >= 0.3 is 17.9 Å². The van der Waals surface area contributed by atoms with E-state index in [1.165, 1.54) is 128 Å². The van der Waals surface area contributed by atoms with Gasteiger partial charge in [0.1, 0.15) is 13.2 Å². The van der Waals surface area contributed by atoms with Gasteiger partial charge in [0.15, 0.2) is 6.10 Å². The Kier molecular flexibility index (Phi) is 52.4. The van der Waals surface area contributed by atoms with Crippen molar-refractivity contribution < 1.29 is 28.6 Å². The van der Waals surface area contributed by atoms with Gasteiger partial charge in [0.25, 0.3) is 0 Å². The number of ether oxygens (including phenoxy) is 3. The van der Waals surface area contributed by atoms with Crippen molar-refractivity contribution in [1.82, 2.24) is 0 Å². The fourth-order valence-electron chi connectivity index (χ4n) is 7.66. The molecule has 0 spiro atoms. The molecule has 0 aromatic heterocycles. The molecule has 0 bridgehead atoms. The topological polar surface area (TPSA) is 78.9 Å². The first-order chi connectivity index (χ1) is 33.0. The normalized spacial score (nSPS) is 12.7. The summed E-state index contributed by atoms with van der Waals surface area (Å²) in [5.74, 6) is -0.986. The van der Waals surface area contributed by atoms with Gasteiger partial charge in [-0.3, -0.25) is 14.4 Å². The molecule has 0 aromatic rings. The standard InChI is InChI=1S/C61H104O6/c1-4-7-10-13-16-19-22-25-27-29-30-32-33-36-39-42-45-48-51-54-60(63)66-57-58(56-65-59(62)53-50-47-44-41-38-35-24-21-18-15-12-9-6-3)67-61(64)55-52-49-46-43-40-37-34-31-28-26-23-20-17-14-11-8-5-2/h7,10,16,19,25-28,30,32,35,38,44,47,58H,4-6,8-9,11-15,17-18,20-24,29,31,33-34,36-37,39-43,45-46,48-57H2,1-3H3/b10-7-,19-16-,27-25-,28-26-,32-30-,38-35-,47-44-. The van der Waals surface area contributed by atoms with E-state index in [-0.39, 0.29) is 37.5 Å². The van der Waals surface area contributed by atoms with E-state index < -0.39 is 6.10 Å². The van der Waals surface area contributed by atoms with E-state index in [2.05, 4.69) is 99.8 Å². The summed E-state index contributed by atoms with van der Waals surface area (Å²) in [7, 11) is 0. The fraction of sp³-hybridized carbons (Fsp3) is 0.721. The number of hydrogen-bond donors (Lipinski definition) is 0. The lowest BCUT2D eigenvalue weighted by Gasteiger charge is -2.18. The lowest BCUT2D eigenvalue weighted by molar-refractivity contribution is -0.166. The van der Waals surface area contributed by atoms with Gasteiger partial charge in [0.05, 0.1) is 0 Å². The third-order valence-corrected chi connectivity index (χ3v) is 11.9. The van der Waals surface area contributed by atoms with Crippen LogP contribution in [-0.2, 0) is 28.6 Å². The Labute approximate surface area is 414 Å². The lowest BCUT2D eigenvalue weighted by Crippen LogP contribution is -2.30. The van der Waals surface area contributed by atoms with Gasteiger partial charge in [0.2, 0.25) is 0 Å². The van der Waals surface area contributed by atoms with Crippen molar-refractivity contribution in [3.05, 3.63) is 85.1 Å². The van der Waals surface area contributed by atoms with Crippen LogP contribution in [0.1, 0.15) is 265 Å². The minimum absolute atomic E-state index is 0.103. The summed E-state index contributed by atoms with van der Waals surface area (Å²) in [5, 5.41) is 0. The van der Waals surface area contributed by atoms with Crippen LogP contribution in [0.3, 0.4) is 0 Å². The predicted octanol–water partition coefficient (Wildman–Crippen LogP) is 18.8. The van der Waals surface area contributed by atoms with Crippen LogP contribution in [0.4, 0.5) is 0 Å². The fourth-order valence-corrected chi connectivity index (χ4v) is 7.66. The second-order valence-electron chi connectivity index (χ2n) is 18.5. The second-order valence-corrected chi connectivity index (χ2v) is 18.5. The summed E-state index contributed by atoms with van der Waals surface area (Å²) < 4.78 is 16.8. The maximum Gasteiger partial charge on any atom is 0.306 e. The van der Waals surface area contributed by atoms with Gasteiger partial charge in [-0.1, -0.05) is 228 Å². The van der Waals surface area contributed by atoms with Crippen molar-refractivity contribution in [1.29, 1.82) is 0 Å². The average Bonchev–Trinajstić information content (AvgIpc) is 3.33. The minimum Gasteiger partial charge on any atom is -0.462 e. The van der Waals surface area contributed by atoms with Crippen LogP contribution in [0, 0.1) is 0 Å². The SMILES string of the molecule is CC/C=C\C/C=C\C/C=C\C/C=C\CCCCCCCCC(=O)OCC(COC(=O)CC/C=C\C/C=C\CCCCCCCC)OC(=O)CCCCCCCCC/C=C\CCCCCCCC. The molecule has 0 amide bonds. The molecule has 0 saturated heterocycles. The number of hydrogen-bond acceptors (Lipinski definition) is 6. The molecule has 6 heteroatoms. The highest BCUT2D eigenvalue weighted by Gasteiger charge is 2.19. The molecule has 1 unspecified atom stereocenters. The molecule has 0 saturated carbocycles. The maximum atomic E-state index is 12.8. The third kappa shape index (κ3) is 53.4. The average molecular weight is 933 g/mol. The van der Waals surface area contributed by atoms with E-state index in [9.17, 15) is 14.4 Å². The molecular formula is C61H104O6. The maximum absolute atomic E-state index is 12.8. The van der Waals surface area contributed by atoms with E-state index >= 15 is 0 Å². The summed E-state index contributed by atoms with van der Waals surface area (Å²) in [6, 6.07) is 0. The Balaban J connectivity index is 4.45. The molecule has 1 atom stereocenters. The Hall–Kier alpha value is -3.41. The monoisotopic (exact) mass is 933 g/mol. The summed E-state index contributed by atoms with van der Waals surface area (Å²) >= 11 is 0. The Morgan fingerprint density at radius 1 is 0.313 bits per heavy atom. The number of rotatable bonds is 50. The van der Waals surface area contributed by atoms with Gasteiger partial charge in [-0.05, 0) is 103 Å². The van der Waals surface area contributed by atoms with Crippen molar-refractivity contribution >= 4 is 17.9 Å². The molecule has 6 nitrogen and oxygen atoms in total. The number of unbranched alkanes of at least 4 members (excludes halogenated alkanes) is 25. The van der Waals surface area contributed by atoms with Gasteiger partial charge < -0.3 is 14.2 Å². The highest BCUT2D eigenvalue weighted by molar-refractivity contribution is 5.71. The highest BCUT2D eigenvalue weighted by Crippen LogP contribution is 2.14. The van der Waals surface area contributed by atoms with E-state index in [0.717, 1.165) is 89.9 Å². The number of esters is 3.